The van der Waals surface area contributed by atoms with Crippen molar-refractivity contribution >= 4 is 23.0 Å². The number of amides is 1. The van der Waals surface area contributed by atoms with Gasteiger partial charge in [0.25, 0.3) is 0 Å². The Balaban J connectivity index is 1.59. The number of rotatable bonds is 4. The lowest BCUT2D eigenvalue weighted by Crippen LogP contribution is -2.21. The molecular formula is C25H20N4O. The van der Waals surface area contributed by atoms with Gasteiger partial charge in [-0.05, 0) is 34.9 Å². The van der Waals surface area contributed by atoms with Crippen molar-refractivity contribution < 1.29 is 4.79 Å². The summed E-state index contributed by atoms with van der Waals surface area (Å²) >= 11 is 0. The average Bonchev–Trinajstić information content (AvgIpc) is 3.35. The SMILES string of the molecule is Cn1cncc1-c1ccc(N=C(c2ccccc2)C2C(=O)Nc3ccccc32)cc1. The maximum absolute atomic E-state index is 12.9. The van der Waals surface area contributed by atoms with Crippen molar-refractivity contribution in [3.05, 3.63) is 103 Å². The Labute approximate surface area is 174 Å². The lowest BCUT2D eigenvalue weighted by Gasteiger charge is -2.14. The van der Waals surface area contributed by atoms with Gasteiger partial charge in [0.15, 0.2) is 0 Å². The molecule has 146 valence electrons. The van der Waals surface area contributed by atoms with Gasteiger partial charge in [0.05, 0.1) is 29.6 Å². The standard InChI is InChI=1S/C25H20N4O/c1-29-16-26-15-22(29)17-11-13-19(14-12-17)27-24(18-7-3-2-4-8-18)23-20-9-5-6-10-21(20)28-25(23)30/h2-16,23H,1H3,(H,28,30). The fourth-order valence-corrected chi connectivity index (χ4v) is 3.87. The van der Waals surface area contributed by atoms with Crippen molar-refractivity contribution in [3.8, 4) is 11.3 Å². The smallest absolute Gasteiger partial charge is 0.238 e. The van der Waals surface area contributed by atoms with E-state index in [0.717, 1.165) is 39.5 Å². The molecule has 0 saturated carbocycles. The van der Waals surface area contributed by atoms with Crippen LogP contribution in [0.4, 0.5) is 11.4 Å². The highest BCUT2D eigenvalue weighted by Gasteiger charge is 2.35. The van der Waals surface area contributed by atoms with Gasteiger partial charge >= 0.3 is 0 Å². The van der Waals surface area contributed by atoms with Gasteiger partial charge in [0, 0.05) is 12.7 Å². The summed E-state index contributed by atoms with van der Waals surface area (Å²) in [6.45, 7) is 0. The van der Waals surface area contributed by atoms with Gasteiger partial charge in [0.2, 0.25) is 5.91 Å². The first-order valence-electron chi connectivity index (χ1n) is 9.81. The zero-order valence-electron chi connectivity index (χ0n) is 16.5. The molecule has 5 nitrogen and oxygen atoms in total. The third-order valence-corrected chi connectivity index (χ3v) is 5.36. The number of nitrogens with one attached hydrogen (secondary N) is 1. The summed E-state index contributed by atoms with van der Waals surface area (Å²) in [5.41, 5.74) is 6.39. The van der Waals surface area contributed by atoms with Gasteiger partial charge in [-0.2, -0.15) is 0 Å². The molecule has 2 heterocycles. The summed E-state index contributed by atoms with van der Waals surface area (Å²) in [4.78, 5) is 22.0. The van der Waals surface area contributed by atoms with Crippen molar-refractivity contribution in [1.29, 1.82) is 0 Å². The van der Waals surface area contributed by atoms with E-state index in [1.54, 1.807) is 6.33 Å². The summed E-state index contributed by atoms with van der Waals surface area (Å²) in [6, 6.07) is 25.7. The predicted octanol–water partition coefficient (Wildman–Crippen LogP) is 4.94. The molecule has 1 aliphatic rings. The maximum Gasteiger partial charge on any atom is 0.238 e. The first-order chi connectivity index (χ1) is 14.7. The molecule has 5 rings (SSSR count). The van der Waals surface area contributed by atoms with Crippen LogP contribution in [0.2, 0.25) is 0 Å². The van der Waals surface area contributed by atoms with Crippen molar-refractivity contribution in [1.82, 2.24) is 9.55 Å². The number of aryl methyl sites for hydroxylation is 1. The second-order valence-electron chi connectivity index (χ2n) is 7.31. The van der Waals surface area contributed by atoms with Gasteiger partial charge in [0.1, 0.15) is 5.92 Å². The van der Waals surface area contributed by atoms with Gasteiger partial charge < -0.3 is 9.88 Å². The minimum Gasteiger partial charge on any atom is -0.334 e. The van der Waals surface area contributed by atoms with E-state index in [-0.39, 0.29) is 5.91 Å². The number of imidazole rings is 1. The van der Waals surface area contributed by atoms with Crippen LogP contribution in [0.1, 0.15) is 17.0 Å². The summed E-state index contributed by atoms with van der Waals surface area (Å²) in [5.74, 6) is -0.495. The monoisotopic (exact) mass is 392 g/mol. The van der Waals surface area contributed by atoms with E-state index in [1.165, 1.54) is 0 Å². The van der Waals surface area contributed by atoms with E-state index in [4.69, 9.17) is 4.99 Å². The van der Waals surface area contributed by atoms with Crippen molar-refractivity contribution in [2.75, 3.05) is 5.32 Å². The molecule has 1 aromatic heterocycles. The molecule has 1 N–H and O–H groups in total. The third kappa shape index (κ3) is 3.20. The van der Waals surface area contributed by atoms with Crippen LogP contribution < -0.4 is 5.32 Å². The number of para-hydroxylation sites is 1. The molecule has 3 aromatic carbocycles. The van der Waals surface area contributed by atoms with E-state index < -0.39 is 5.92 Å². The van der Waals surface area contributed by atoms with Crippen LogP contribution in [0.25, 0.3) is 11.3 Å². The van der Waals surface area contributed by atoms with Gasteiger partial charge in [-0.15, -0.1) is 0 Å². The molecule has 0 bridgehead atoms. The van der Waals surface area contributed by atoms with E-state index in [1.807, 2.05) is 96.7 Å². The van der Waals surface area contributed by atoms with Crippen LogP contribution in [-0.2, 0) is 11.8 Å². The number of hydrogen-bond acceptors (Lipinski definition) is 3. The topological polar surface area (TPSA) is 59.3 Å². The summed E-state index contributed by atoms with van der Waals surface area (Å²) in [6.07, 6.45) is 3.62. The molecule has 0 spiro atoms. The van der Waals surface area contributed by atoms with Crippen LogP contribution >= 0.6 is 0 Å². The number of carbonyl (C=O) groups excluding carboxylic acids is 1. The molecule has 1 unspecified atom stereocenters. The molecule has 5 heteroatoms. The van der Waals surface area contributed by atoms with Crippen molar-refractivity contribution in [2.45, 2.75) is 5.92 Å². The Morgan fingerprint density at radius 3 is 2.43 bits per heavy atom. The van der Waals surface area contributed by atoms with Crippen LogP contribution in [0, 0.1) is 0 Å². The Hall–Kier alpha value is -3.99. The van der Waals surface area contributed by atoms with E-state index >= 15 is 0 Å². The Morgan fingerprint density at radius 1 is 0.967 bits per heavy atom. The molecule has 1 aliphatic heterocycles. The number of aromatic nitrogens is 2. The van der Waals surface area contributed by atoms with Gasteiger partial charge in [-0.3, -0.25) is 9.79 Å². The first kappa shape index (κ1) is 18.1. The molecule has 0 aliphatic carbocycles. The number of aliphatic imine (C=N–C) groups is 1. The summed E-state index contributed by atoms with van der Waals surface area (Å²) in [5, 5.41) is 2.99. The van der Waals surface area contributed by atoms with Crippen LogP contribution in [0.5, 0.6) is 0 Å². The second kappa shape index (κ2) is 7.44. The zero-order chi connectivity index (χ0) is 20.5. The first-order valence-corrected chi connectivity index (χ1v) is 9.81. The molecule has 30 heavy (non-hydrogen) atoms. The highest BCUT2D eigenvalue weighted by Crippen LogP contribution is 2.36. The third-order valence-electron chi connectivity index (χ3n) is 5.36. The highest BCUT2D eigenvalue weighted by atomic mass is 16.2. The quantitative estimate of drug-likeness (QED) is 0.500. The number of fused-ring (bicyclic) bond motifs is 1. The molecule has 0 fully saturated rings. The van der Waals surface area contributed by atoms with Crippen LogP contribution in [0.3, 0.4) is 0 Å². The number of hydrogen-bond donors (Lipinski definition) is 1. The maximum atomic E-state index is 12.9. The molecule has 0 saturated heterocycles. The lowest BCUT2D eigenvalue weighted by molar-refractivity contribution is -0.115. The Morgan fingerprint density at radius 2 is 1.70 bits per heavy atom. The Kier molecular flexibility index (Phi) is 4.48. The zero-order valence-corrected chi connectivity index (χ0v) is 16.5. The molecule has 0 radical (unpaired) electrons. The average molecular weight is 392 g/mol. The number of anilines is 1. The largest absolute Gasteiger partial charge is 0.334 e. The number of benzene rings is 3. The van der Waals surface area contributed by atoms with E-state index in [2.05, 4.69) is 10.3 Å². The molecular weight excluding hydrogens is 372 g/mol. The fraction of sp³-hybridized carbons (Fsp3) is 0.0800. The second-order valence-corrected chi connectivity index (χ2v) is 7.31. The lowest BCUT2D eigenvalue weighted by atomic mass is 9.90. The summed E-state index contributed by atoms with van der Waals surface area (Å²) < 4.78 is 1.98. The van der Waals surface area contributed by atoms with Crippen LogP contribution in [0.15, 0.2) is 96.4 Å². The van der Waals surface area contributed by atoms with Gasteiger partial charge in [-0.1, -0.05) is 60.7 Å². The van der Waals surface area contributed by atoms with Crippen molar-refractivity contribution in [3.63, 3.8) is 0 Å². The fourth-order valence-electron chi connectivity index (χ4n) is 3.87. The highest BCUT2D eigenvalue weighted by molar-refractivity contribution is 6.24. The number of carbonyl (C=O) groups is 1. The predicted molar refractivity (Wildman–Crippen MR) is 119 cm³/mol. The number of nitrogens with zero attached hydrogens (tertiary/aromatic N) is 3. The Bertz CT molecular complexity index is 1240. The molecule has 1 atom stereocenters. The normalized spacial score (nSPS) is 15.7. The van der Waals surface area contributed by atoms with Crippen LogP contribution in [-0.4, -0.2) is 21.2 Å². The van der Waals surface area contributed by atoms with E-state index in [0.29, 0.717) is 0 Å². The minimum absolute atomic E-state index is 0.0506. The van der Waals surface area contributed by atoms with Crippen molar-refractivity contribution in [2.24, 2.45) is 12.0 Å². The minimum atomic E-state index is -0.444. The van der Waals surface area contributed by atoms with Gasteiger partial charge in [-0.25, -0.2) is 4.98 Å². The van der Waals surface area contributed by atoms with E-state index in [9.17, 15) is 4.79 Å². The summed E-state index contributed by atoms with van der Waals surface area (Å²) in [7, 11) is 1.97. The molecule has 1 amide bonds. The molecule has 4 aromatic rings.